The van der Waals surface area contributed by atoms with Crippen LogP contribution in [0.3, 0.4) is 0 Å². The highest BCUT2D eigenvalue weighted by atomic mass is 79.9. The molecule has 1 aromatic rings. The molecule has 0 aliphatic rings. The van der Waals surface area contributed by atoms with Crippen molar-refractivity contribution in [2.75, 3.05) is 0 Å². The molecule has 0 N–H and O–H groups in total. The Hall–Kier alpha value is -0.880. The highest BCUT2D eigenvalue weighted by Crippen LogP contribution is 2.16. The predicted molar refractivity (Wildman–Crippen MR) is 48.5 cm³/mol. The van der Waals surface area contributed by atoms with E-state index in [2.05, 4.69) is 15.9 Å². The van der Waals surface area contributed by atoms with E-state index in [1.54, 1.807) is 12.1 Å². The quantitative estimate of drug-likeness (QED) is 0.678. The molecule has 62 valence electrons. The molecule has 0 spiro atoms. The zero-order valence-electron chi connectivity index (χ0n) is 6.56. The highest BCUT2D eigenvalue weighted by molar-refractivity contribution is 9.08. The van der Waals surface area contributed by atoms with Crippen LogP contribution in [-0.2, 0) is 5.33 Å². The molecule has 1 aromatic carbocycles. The van der Waals surface area contributed by atoms with E-state index in [1.807, 2.05) is 6.92 Å². The van der Waals surface area contributed by atoms with Crippen molar-refractivity contribution >= 4 is 15.9 Å². The molecular weight excluding hydrogens is 221 g/mol. The summed E-state index contributed by atoms with van der Waals surface area (Å²) in [4.78, 5) is 0. The number of nitrogens with zero attached hydrogens (tertiary/aromatic N) is 1. The Kier molecular flexibility index (Phi) is 2.83. The number of hydrogen-bond donors (Lipinski definition) is 0. The van der Waals surface area contributed by atoms with Gasteiger partial charge in [-0.3, -0.25) is 0 Å². The lowest BCUT2D eigenvalue weighted by atomic mass is 10.1. The number of halogens is 2. The van der Waals surface area contributed by atoms with Crippen molar-refractivity contribution in [1.82, 2.24) is 0 Å². The van der Waals surface area contributed by atoms with E-state index in [-0.39, 0.29) is 5.56 Å². The third-order valence-corrected chi connectivity index (χ3v) is 2.29. The van der Waals surface area contributed by atoms with Crippen molar-refractivity contribution < 1.29 is 4.39 Å². The summed E-state index contributed by atoms with van der Waals surface area (Å²) >= 11 is 3.24. The molecule has 0 aromatic heterocycles. The third kappa shape index (κ3) is 1.64. The van der Waals surface area contributed by atoms with E-state index < -0.39 is 5.82 Å². The summed E-state index contributed by atoms with van der Waals surface area (Å²) in [5.74, 6) is -0.447. The van der Waals surface area contributed by atoms with Crippen LogP contribution < -0.4 is 0 Å². The lowest BCUT2D eigenvalue weighted by molar-refractivity contribution is 0.622. The van der Waals surface area contributed by atoms with Gasteiger partial charge in [-0.2, -0.15) is 5.26 Å². The molecule has 0 bridgehead atoms. The Morgan fingerprint density at radius 1 is 1.58 bits per heavy atom. The summed E-state index contributed by atoms with van der Waals surface area (Å²) in [6, 6.07) is 4.75. The Balaban J connectivity index is 3.28. The lowest BCUT2D eigenvalue weighted by Gasteiger charge is -2.02. The predicted octanol–water partition coefficient (Wildman–Crippen LogP) is 2.90. The fourth-order valence-corrected chi connectivity index (χ4v) is 1.56. The van der Waals surface area contributed by atoms with Crippen LogP contribution in [-0.4, -0.2) is 0 Å². The van der Waals surface area contributed by atoms with E-state index >= 15 is 0 Å². The Morgan fingerprint density at radius 2 is 2.25 bits per heavy atom. The van der Waals surface area contributed by atoms with Crippen LogP contribution in [0.25, 0.3) is 0 Å². The molecule has 0 aliphatic heterocycles. The molecule has 0 atom stereocenters. The zero-order valence-corrected chi connectivity index (χ0v) is 8.15. The summed E-state index contributed by atoms with van der Waals surface area (Å²) in [5, 5.41) is 9.12. The highest BCUT2D eigenvalue weighted by Gasteiger charge is 2.05. The second-order valence-electron chi connectivity index (χ2n) is 2.50. The van der Waals surface area contributed by atoms with Gasteiger partial charge in [0.15, 0.2) is 0 Å². The van der Waals surface area contributed by atoms with Gasteiger partial charge >= 0.3 is 0 Å². The molecule has 0 saturated carbocycles. The van der Waals surface area contributed by atoms with Gasteiger partial charge in [-0.15, -0.1) is 0 Å². The summed E-state index contributed by atoms with van der Waals surface area (Å²) < 4.78 is 13.0. The standard InChI is InChI=1S/C9H7BrFN/c1-6-2-8(5-12)9(11)3-7(6)4-10/h2-3H,4H2,1H3. The number of rotatable bonds is 1. The van der Waals surface area contributed by atoms with Crippen LogP contribution in [0.1, 0.15) is 16.7 Å². The van der Waals surface area contributed by atoms with Crippen LogP contribution in [0.2, 0.25) is 0 Å². The van der Waals surface area contributed by atoms with E-state index in [4.69, 9.17) is 5.26 Å². The zero-order chi connectivity index (χ0) is 9.14. The van der Waals surface area contributed by atoms with E-state index in [0.29, 0.717) is 5.33 Å². The van der Waals surface area contributed by atoms with E-state index in [1.165, 1.54) is 6.07 Å². The molecule has 0 amide bonds. The molecule has 0 saturated heterocycles. The van der Waals surface area contributed by atoms with Gasteiger partial charge in [-0.05, 0) is 30.2 Å². The summed E-state index contributed by atoms with van der Waals surface area (Å²) in [5.41, 5.74) is 1.92. The van der Waals surface area contributed by atoms with Crippen molar-refractivity contribution in [3.8, 4) is 6.07 Å². The Bertz CT molecular complexity index is 340. The molecule has 0 fully saturated rings. The van der Waals surface area contributed by atoms with Gasteiger partial charge in [-0.25, -0.2) is 4.39 Å². The molecular formula is C9H7BrFN. The minimum absolute atomic E-state index is 0.109. The second-order valence-corrected chi connectivity index (χ2v) is 3.06. The number of alkyl halides is 1. The maximum atomic E-state index is 13.0. The van der Waals surface area contributed by atoms with Gasteiger partial charge in [0.05, 0.1) is 5.56 Å². The smallest absolute Gasteiger partial charge is 0.141 e. The average molecular weight is 228 g/mol. The van der Waals surface area contributed by atoms with Gasteiger partial charge in [0.2, 0.25) is 0 Å². The molecule has 3 heteroatoms. The van der Waals surface area contributed by atoms with Gasteiger partial charge in [0.1, 0.15) is 11.9 Å². The number of aryl methyl sites for hydroxylation is 1. The number of hydrogen-bond acceptors (Lipinski definition) is 1. The summed E-state index contributed by atoms with van der Waals surface area (Å²) in [7, 11) is 0. The van der Waals surface area contributed by atoms with Crippen molar-refractivity contribution in [3.63, 3.8) is 0 Å². The maximum absolute atomic E-state index is 13.0. The fraction of sp³-hybridized carbons (Fsp3) is 0.222. The maximum Gasteiger partial charge on any atom is 0.141 e. The van der Waals surface area contributed by atoms with Crippen molar-refractivity contribution in [2.45, 2.75) is 12.3 Å². The van der Waals surface area contributed by atoms with E-state index in [0.717, 1.165) is 11.1 Å². The van der Waals surface area contributed by atoms with E-state index in [9.17, 15) is 4.39 Å². The second kappa shape index (κ2) is 3.68. The van der Waals surface area contributed by atoms with Crippen LogP contribution in [0.15, 0.2) is 12.1 Å². The third-order valence-electron chi connectivity index (χ3n) is 1.69. The SMILES string of the molecule is Cc1cc(C#N)c(F)cc1CBr. The van der Waals surface area contributed by atoms with Gasteiger partial charge in [0.25, 0.3) is 0 Å². The Labute approximate surface area is 79.0 Å². The molecule has 0 radical (unpaired) electrons. The summed E-state index contributed by atoms with van der Waals surface area (Å²) in [6.07, 6.45) is 0. The van der Waals surface area contributed by atoms with Crippen LogP contribution in [0.5, 0.6) is 0 Å². The van der Waals surface area contributed by atoms with Crippen LogP contribution >= 0.6 is 15.9 Å². The topological polar surface area (TPSA) is 23.8 Å². The molecule has 0 heterocycles. The summed E-state index contributed by atoms with van der Waals surface area (Å²) in [6.45, 7) is 1.86. The molecule has 0 aliphatic carbocycles. The number of benzene rings is 1. The average Bonchev–Trinajstić information content (AvgIpc) is 2.08. The minimum Gasteiger partial charge on any atom is -0.206 e. The van der Waals surface area contributed by atoms with Gasteiger partial charge < -0.3 is 0 Å². The first-order valence-corrected chi connectivity index (χ1v) is 4.56. The molecule has 0 unspecified atom stereocenters. The normalized spacial score (nSPS) is 9.50. The number of nitriles is 1. The fourth-order valence-electron chi connectivity index (χ4n) is 0.952. The van der Waals surface area contributed by atoms with Gasteiger partial charge in [0, 0.05) is 5.33 Å². The first-order valence-electron chi connectivity index (χ1n) is 3.44. The Morgan fingerprint density at radius 3 is 2.75 bits per heavy atom. The molecule has 12 heavy (non-hydrogen) atoms. The monoisotopic (exact) mass is 227 g/mol. The van der Waals surface area contributed by atoms with Crippen LogP contribution in [0, 0.1) is 24.1 Å². The van der Waals surface area contributed by atoms with Crippen molar-refractivity contribution in [1.29, 1.82) is 5.26 Å². The largest absolute Gasteiger partial charge is 0.206 e. The van der Waals surface area contributed by atoms with Gasteiger partial charge in [-0.1, -0.05) is 15.9 Å². The first kappa shape index (κ1) is 9.21. The first-order chi connectivity index (χ1) is 5.69. The van der Waals surface area contributed by atoms with Crippen LogP contribution in [0.4, 0.5) is 4.39 Å². The molecule has 1 nitrogen and oxygen atoms in total. The van der Waals surface area contributed by atoms with Crippen molar-refractivity contribution in [3.05, 3.63) is 34.6 Å². The minimum atomic E-state index is -0.447. The molecule has 1 rings (SSSR count). The van der Waals surface area contributed by atoms with Crippen molar-refractivity contribution in [2.24, 2.45) is 0 Å². The lowest BCUT2D eigenvalue weighted by Crippen LogP contribution is -1.91.